The van der Waals surface area contributed by atoms with Crippen LogP contribution < -0.4 is 5.32 Å². The second-order valence-corrected chi connectivity index (χ2v) is 8.03. The van der Waals surface area contributed by atoms with Crippen LogP contribution in [-0.4, -0.2) is 40.8 Å². The van der Waals surface area contributed by atoms with E-state index in [0.29, 0.717) is 16.6 Å². The largest absolute Gasteiger partial charge is 0.465 e. The number of carbonyl (C=O) groups is 1. The van der Waals surface area contributed by atoms with Crippen molar-refractivity contribution in [3.05, 3.63) is 16.3 Å². The Bertz CT molecular complexity index is 790. The van der Waals surface area contributed by atoms with Gasteiger partial charge in [-0.1, -0.05) is 12.8 Å². The Labute approximate surface area is 158 Å². The van der Waals surface area contributed by atoms with Crippen molar-refractivity contribution in [3.63, 3.8) is 0 Å². The van der Waals surface area contributed by atoms with E-state index in [0.717, 1.165) is 60.2 Å². The van der Waals surface area contributed by atoms with Gasteiger partial charge in [0.15, 0.2) is 0 Å². The molecule has 26 heavy (non-hydrogen) atoms. The molecule has 3 rings (SSSR count). The molecule has 2 aromatic heterocycles. The zero-order chi connectivity index (χ0) is 18.7. The maximum Gasteiger partial charge on any atom is 0.348 e. The molecule has 7 heteroatoms. The van der Waals surface area contributed by atoms with Crippen LogP contribution in [-0.2, 0) is 4.74 Å². The third kappa shape index (κ3) is 3.99. The van der Waals surface area contributed by atoms with Crippen molar-refractivity contribution < 1.29 is 14.6 Å². The fourth-order valence-corrected chi connectivity index (χ4v) is 4.90. The van der Waals surface area contributed by atoms with Crippen LogP contribution in [0.15, 0.2) is 0 Å². The Morgan fingerprint density at radius 3 is 2.81 bits per heavy atom. The number of nitrogens with zero attached hydrogens (tertiary/aromatic N) is 2. The first-order valence-electron chi connectivity index (χ1n) is 9.29. The van der Waals surface area contributed by atoms with Gasteiger partial charge in [0.25, 0.3) is 0 Å². The van der Waals surface area contributed by atoms with Gasteiger partial charge in [-0.15, -0.1) is 11.3 Å². The number of aryl methyl sites for hydroxylation is 2. The van der Waals surface area contributed by atoms with Crippen molar-refractivity contribution in [2.75, 3.05) is 19.0 Å². The van der Waals surface area contributed by atoms with Crippen LogP contribution in [0.3, 0.4) is 0 Å². The van der Waals surface area contributed by atoms with Gasteiger partial charge in [0, 0.05) is 6.54 Å². The van der Waals surface area contributed by atoms with Crippen molar-refractivity contribution in [2.24, 2.45) is 5.92 Å². The number of aromatic nitrogens is 2. The lowest BCUT2D eigenvalue weighted by molar-refractivity contribution is 0.0605. The first-order chi connectivity index (χ1) is 12.5. The number of anilines is 1. The molecule has 0 radical (unpaired) electrons. The zero-order valence-electron chi connectivity index (χ0n) is 15.7. The van der Waals surface area contributed by atoms with E-state index in [9.17, 15) is 9.90 Å². The summed E-state index contributed by atoms with van der Waals surface area (Å²) in [4.78, 5) is 22.4. The summed E-state index contributed by atoms with van der Waals surface area (Å²) in [5.41, 5.74) is 0.863. The molecular formula is C19H27N3O3S. The van der Waals surface area contributed by atoms with Crippen molar-refractivity contribution in [2.45, 2.75) is 58.5 Å². The number of thiophene rings is 1. The molecule has 6 nitrogen and oxygen atoms in total. The van der Waals surface area contributed by atoms with E-state index in [1.54, 1.807) is 0 Å². The second-order valence-electron chi connectivity index (χ2n) is 7.03. The van der Waals surface area contributed by atoms with Crippen LogP contribution >= 0.6 is 11.3 Å². The summed E-state index contributed by atoms with van der Waals surface area (Å²) >= 11 is 1.35. The molecule has 2 aromatic rings. The number of carbonyl (C=O) groups excluding carboxylic acids is 1. The van der Waals surface area contributed by atoms with E-state index in [1.807, 2.05) is 13.8 Å². The Kier molecular flexibility index (Phi) is 6.09. The summed E-state index contributed by atoms with van der Waals surface area (Å²) in [5, 5.41) is 14.4. The smallest absolute Gasteiger partial charge is 0.348 e. The summed E-state index contributed by atoms with van der Waals surface area (Å²) in [6.45, 7) is 4.56. The van der Waals surface area contributed by atoms with Crippen molar-refractivity contribution >= 4 is 33.3 Å². The number of ether oxygens (including phenoxy) is 1. The lowest BCUT2D eigenvalue weighted by Crippen LogP contribution is -2.24. The minimum Gasteiger partial charge on any atom is -0.465 e. The minimum absolute atomic E-state index is 0.140. The molecule has 0 aromatic carbocycles. The maximum atomic E-state index is 12.0. The lowest BCUT2D eigenvalue weighted by Gasteiger charge is -2.27. The number of hydrogen-bond donors (Lipinski definition) is 2. The monoisotopic (exact) mass is 377 g/mol. The zero-order valence-corrected chi connectivity index (χ0v) is 16.5. The third-order valence-corrected chi connectivity index (χ3v) is 6.35. The maximum absolute atomic E-state index is 12.0. The van der Waals surface area contributed by atoms with Crippen LogP contribution in [0.1, 0.15) is 59.6 Å². The molecule has 142 valence electrons. The average Bonchev–Trinajstić information content (AvgIpc) is 2.95. The molecule has 0 saturated heterocycles. The number of aliphatic hydroxyl groups excluding tert-OH is 1. The molecule has 0 amide bonds. The van der Waals surface area contributed by atoms with Crippen molar-refractivity contribution in [1.29, 1.82) is 0 Å². The molecular weight excluding hydrogens is 350 g/mol. The van der Waals surface area contributed by atoms with Crippen molar-refractivity contribution in [1.82, 2.24) is 9.97 Å². The van der Waals surface area contributed by atoms with Gasteiger partial charge in [-0.2, -0.15) is 0 Å². The van der Waals surface area contributed by atoms with Crippen LogP contribution in [0.25, 0.3) is 10.2 Å². The quantitative estimate of drug-likeness (QED) is 0.588. The summed E-state index contributed by atoms with van der Waals surface area (Å²) in [6.07, 6.45) is 6.31. The molecule has 1 aliphatic rings. The van der Waals surface area contributed by atoms with Gasteiger partial charge < -0.3 is 15.2 Å². The van der Waals surface area contributed by atoms with E-state index in [2.05, 4.69) is 15.3 Å². The van der Waals surface area contributed by atoms with Gasteiger partial charge in [0.2, 0.25) is 0 Å². The van der Waals surface area contributed by atoms with Gasteiger partial charge in [0.1, 0.15) is 21.3 Å². The summed E-state index contributed by atoms with van der Waals surface area (Å²) in [6, 6.07) is 0. The Morgan fingerprint density at radius 2 is 2.08 bits per heavy atom. The molecule has 1 fully saturated rings. The first kappa shape index (κ1) is 19.0. The fourth-order valence-electron chi connectivity index (χ4n) is 3.76. The number of nitrogens with one attached hydrogen (secondary N) is 1. The van der Waals surface area contributed by atoms with Gasteiger partial charge >= 0.3 is 5.97 Å². The number of fused-ring (bicyclic) bond motifs is 1. The van der Waals surface area contributed by atoms with E-state index in [-0.39, 0.29) is 12.1 Å². The van der Waals surface area contributed by atoms with Gasteiger partial charge in [-0.05, 0) is 51.0 Å². The molecule has 0 bridgehead atoms. The van der Waals surface area contributed by atoms with Crippen molar-refractivity contribution in [3.8, 4) is 0 Å². The number of hydrogen-bond acceptors (Lipinski definition) is 7. The third-order valence-electron chi connectivity index (χ3n) is 5.19. The SMILES string of the molecule is COC(=O)c1sc2nc(C)nc(NCCCC3CCCCC3O)c2c1C. The van der Waals surface area contributed by atoms with Crippen LogP contribution in [0.5, 0.6) is 0 Å². The molecule has 0 spiro atoms. The van der Waals surface area contributed by atoms with E-state index in [1.165, 1.54) is 24.9 Å². The minimum atomic E-state index is -0.333. The molecule has 0 aliphatic heterocycles. The molecule has 2 heterocycles. The second kappa shape index (κ2) is 8.31. The highest BCUT2D eigenvalue weighted by Gasteiger charge is 2.23. The standard InChI is InChI=1S/C19H27N3O3S/c1-11-15-17(20-10-6-8-13-7-4-5-9-14(13)23)21-12(2)22-18(15)26-16(11)19(24)25-3/h13-14,23H,4-10H2,1-3H3,(H,20,21,22). The number of esters is 1. The predicted molar refractivity (Wildman–Crippen MR) is 104 cm³/mol. The van der Waals surface area contributed by atoms with Gasteiger partial charge in [-0.3, -0.25) is 0 Å². The van der Waals surface area contributed by atoms with E-state index < -0.39 is 0 Å². The number of methoxy groups -OCH3 is 1. The number of rotatable bonds is 6. The molecule has 2 atom stereocenters. The Morgan fingerprint density at radius 1 is 1.31 bits per heavy atom. The van der Waals surface area contributed by atoms with Crippen LogP contribution in [0.2, 0.25) is 0 Å². The highest BCUT2D eigenvalue weighted by molar-refractivity contribution is 7.20. The first-order valence-corrected chi connectivity index (χ1v) is 10.1. The summed E-state index contributed by atoms with van der Waals surface area (Å²) in [5.74, 6) is 1.55. The molecule has 1 aliphatic carbocycles. The topological polar surface area (TPSA) is 84.3 Å². The van der Waals surface area contributed by atoms with Gasteiger partial charge in [-0.25, -0.2) is 14.8 Å². The van der Waals surface area contributed by atoms with Crippen LogP contribution in [0.4, 0.5) is 5.82 Å². The lowest BCUT2D eigenvalue weighted by atomic mass is 9.83. The Hall–Kier alpha value is -1.73. The van der Waals surface area contributed by atoms with Crippen LogP contribution in [0, 0.1) is 19.8 Å². The molecule has 2 N–H and O–H groups in total. The van der Waals surface area contributed by atoms with Gasteiger partial charge in [0.05, 0.1) is 18.6 Å². The normalized spacial score (nSPS) is 20.3. The summed E-state index contributed by atoms with van der Waals surface area (Å²) < 4.78 is 4.87. The molecule has 2 unspecified atom stereocenters. The van der Waals surface area contributed by atoms with E-state index >= 15 is 0 Å². The summed E-state index contributed by atoms with van der Waals surface area (Å²) in [7, 11) is 1.39. The highest BCUT2D eigenvalue weighted by Crippen LogP contribution is 2.34. The predicted octanol–water partition coefficient (Wildman–Crippen LogP) is 3.84. The number of aliphatic hydroxyl groups is 1. The average molecular weight is 378 g/mol. The Balaban J connectivity index is 1.71. The molecule has 1 saturated carbocycles. The van der Waals surface area contributed by atoms with E-state index in [4.69, 9.17) is 4.74 Å². The fraction of sp³-hybridized carbons (Fsp3) is 0.632. The highest BCUT2D eigenvalue weighted by atomic mass is 32.1.